The molecule has 4 heteroatoms. The molecule has 0 spiro atoms. The van der Waals surface area contributed by atoms with Crippen molar-refractivity contribution in [3.05, 3.63) is 59.7 Å². The monoisotopic (exact) mass is 326 g/mol. The topological polar surface area (TPSA) is 29.3 Å². The standard InChI is InChI=1S/C17H22N2.2ClH/c1-19(2)13-15-6-4-8-17(12-15)16-7-3-5-14(11-16)9-10-18;;/h3-8,11-12H,9-10,13,18H2,1-2H3;2*1H. The molecule has 2 aromatic rings. The van der Waals surface area contributed by atoms with Gasteiger partial charge in [0.15, 0.2) is 0 Å². The number of nitrogens with zero attached hydrogens (tertiary/aromatic N) is 1. The van der Waals surface area contributed by atoms with E-state index in [2.05, 4.69) is 67.5 Å². The molecule has 0 aliphatic carbocycles. The number of halogens is 2. The summed E-state index contributed by atoms with van der Waals surface area (Å²) in [6.45, 7) is 1.67. The van der Waals surface area contributed by atoms with Gasteiger partial charge in [-0.3, -0.25) is 0 Å². The van der Waals surface area contributed by atoms with Gasteiger partial charge in [-0.05, 0) is 55.4 Å². The lowest BCUT2D eigenvalue weighted by molar-refractivity contribution is 0.402. The SMILES string of the molecule is CN(C)Cc1cccc(-c2cccc(CCN)c2)c1.Cl.Cl. The number of benzene rings is 2. The minimum atomic E-state index is 0. The van der Waals surface area contributed by atoms with Gasteiger partial charge in [0, 0.05) is 6.54 Å². The number of nitrogens with two attached hydrogens (primary N) is 1. The molecular weight excluding hydrogens is 303 g/mol. The molecule has 0 saturated carbocycles. The van der Waals surface area contributed by atoms with E-state index < -0.39 is 0 Å². The predicted octanol–water partition coefficient (Wildman–Crippen LogP) is 3.76. The third-order valence-corrected chi connectivity index (χ3v) is 3.12. The summed E-state index contributed by atoms with van der Waals surface area (Å²) < 4.78 is 0. The first kappa shape index (κ1) is 19.9. The number of hydrogen-bond acceptors (Lipinski definition) is 2. The summed E-state index contributed by atoms with van der Waals surface area (Å²) in [6, 6.07) is 17.4. The zero-order chi connectivity index (χ0) is 13.7. The quantitative estimate of drug-likeness (QED) is 0.906. The van der Waals surface area contributed by atoms with Crippen molar-refractivity contribution >= 4 is 24.8 Å². The fraction of sp³-hybridized carbons (Fsp3) is 0.294. The van der Waals surface area contributed by atoms with Crippen molar-refractivity contribution in [1.82, 2.24) is 4.90 Å². The molecule has 0 amide bonds. The second kappa shape index (κ2) is 9.80. The van der Waals surface area contributed by atoms with Gasteiger partial charge < -0.3 is 10.6 Å². The molecule has 2 rings (SSSR count). The Labute approximate surface area is 140 Å². The van der Waals surface area contributed by atoms with Gasteiger partial charge in [-0.15, -0.1) is 24.8 Å². The summed E-state index contributed by atoms with van der Waals surface area (Å²) in [6.07, 6.45) is 0.936. The first-order valence-corrected chi connectivity index (χ1v) is 6.72. The molecule has 0 atom stereocenters. The average Bonchev–Trinajstić information content (AvgIpc) is 2.39. The zero-order valence-corrected chi connectivity index (χ0v) is 14.2. The van der Waals surface area contributed by atoms with Crippen LogP contribution in [-0.4, -0.2) is 25.5 Å². The average molecular weight is 327 g/mol. The lowest BCUT2D eigenvalue weighted by atomic mass is 10.00. The summed E-state index contributed by atoms with van der Waals surface area (Å²) in [5.74, 6) is 0. The van der Waals surface area contributed by atoms with E-state index in [1.807, 2.05) is 0 Å². The summed E-state index contributed by atoms with van der Waals surface area (Å²) in [5.41, 5.74) is 10.8. The van der Waals surface area contributed by atoms with Gasteiger partial charge in [0.2, 0.25) is 0 Å². The Morgan fingerprint density at radius 2 is 1.38 bits per heavy atom. The maximum atomic E-state index is 5.62. The first-order valence-electron chi connectivity index (χ1n) is 6.72. The van der Waals surface area contributed by atoms with Crippen LogP contribution in [0.3, 0.4) is 0 Å². The van der Waals surface area contributed by atoms with Gasteiger partial charge in [0.05, 0.1) is 0 Å². The lowest BCUT2D eigenvalue weighted by Crippen LogP contribution is -2.10. The zero-order valence-electron chi connectivity index (χ0n) is 12.6. The minimum absolute atomic E-state index is 0. The Morgan fingerprint density at radius 1 is 0.857 bits per heavy atom. The van der Waals surface area contributed by atoms with Gasteiger partial charge in [-0.1, -0.05) is 42.5 Å². The van der Waals surface area contributed by atoms with Crippen molar-refractivity contribution in [2.45, 2.75) is 13.0 Å². The predicted molar refractivity (Wildman–Crippen MR) is 96.5 cm³/mol. The number of hydrogen-bond donors (Lipinski definition) is 1. The Balaban J connectivity index is 0.00000200. The molecule has 0 radical (unpaired) electrons. The molecule has 2 N–H and O–H groups in total. The van der Waals surface area contributed by atoms with Crippen LogP contribution < -0.4 is 5.73 Å². The molecule has 21 heavy (non-hydrogen) atoms. The van der Waals surface area contributed by atoms with Crippen molar-refractivity contribution in [2.75, 3.05) is 20.6 Å². The molecule has 0 heterocycles. The molecule has 2 nitrogen and oxygen atoms in total. The van der Waals surface area contributed by atoms with Gasteiger partial charge in [0.25, 0.3) is 0 Å². The van der Waals surface area contributed by atoms with E-state index in [1.165, 1.54) is 22.3 Å². The van der Waals surface area contributed by atoms with E-state index in [9.17, 15) is 0 Å². The van der Waals surface area contributed by atoms with Crippen molar-refractivity contribution < 1.29 is 0 Å². The highest BCUT2D eigenvalue weighted by atomic mass is 35.5. The van der Waals surface area contributed by atoms with Crippen LogP contribution in [-0.2, 0) is 13.0 Å². The Bertz CT molecular complexity index is 542. The maximum absolute atomic E-state index is 5.62. The van der Waals surface area contributed by atoms with Crippen molar-refractivity contribution in [3.8, 4) is 11.1 Å². The molecule has 0 bridgehead atoms. The molecule has 0 unspecified atom stereocenters. The molecule has 0 saturated heterocycles. The second-order valence-corrected chi connectivity index (χ2v) is 5.18. The lowest BCUT2D eigenvalue weighted by Gasteiger charge is -2.11. The van der Waals surface area contributed by atoms with Crippen LogP contribution in [0, 0.1) is 0 Å². The fourth-order valence-corrected chi connectivity index (χ4v) is 2.29. The van der Waals surface area contributed by atoms with Crippen molar-refractivity contribution in [1.29, 1.82) is 0 Å². The van der Waals surface area contributed by atoms with Crippen LogP contribution in [0.5, 0.6) is 0 Å². The normalized spacial score (nSPS) is 9.90. The third-order valence-electron chi connectivity index (χ3n) is 3.12. The van der Waals surface area contributed by atoms with E-state index >= 15 is 0 Å². The van der Waals surface area contributed by atoms with E-state index in [0.29, 0.717) is 6.54 Å². The van der Waals surface area contributed by atoms with E-state index in [-0.39, 0.29) is 24.8 Å². The summed E-state index contributed by atoms with van der Waals surface area (Å²) in [5, 5.41) is 0. The Hall–Kier alpha value is -1.06. The fourth-order valence-electron chi connectivity index (χ4n) is 2.29. The van der Waals surface area contributed by atoms with E-state index in [0.717, 1.165) is 13.0 Å². The summed E-state index contributed by atoms with van der Waals surface area (Å²) in [7, 11) is 4.18. The van der Waals surface area contributed by atoms with Crippen LogP contribution in [0.25, 0.3) is 11.1 Å². The molecule has 0 aliphatic heterocycles. The molecule has 0 aromatic heterocycles. The van der Waals surface area contributed by atoms with Crippen molar-refractivity contribution in [3.63, 3.8) is 0 Å². The highest BCUT2D eigenvalue weighted by Crippen LogP contribution is 2.22. The summed E-state index contributed by atoms with van der Waals surface area (Å²) in [4.78, 5) is 2.18. The smallest absolute Gasteiger partial charge is 0.0227 e. The van der Waals surface area contributed by atoms with Crippen LogP contribution in [0.2, 0.25) is 0 Å². The Morgan fingerprint density at radius 3 is 1.90 bits per heavy atom. The highest BCUT2D eigenvalue weighted by molar-refractivity contribution is 5.85. The molecule has 116 valence electrons. The molecule has 2 aromatic carbocycles. The van der Waals surface area contributed by atoms with Gasteiger partial charge in [-0.25, -0.2) is 0 Å². The largest absolute Gasteiger partial charge is 0.330 e. The highest BCUT2D eigenvalue weighted by Gasteiger charge is 2.01. The van der Waals surface area contributed by atoms with E-state index in [4.69, 9.17) is 5.73 Å². The molecule has 0 fully saturated rings. The van der Waals surface area contributed by atoms with Crippen molar-refractivity contribution in [2.24, 2.45) is 5.73 Å². The van der Waals surface area contributed by atoms with Crippen LogP contribution >= 0.6 is 24.8 Å². The van der Waals surface area contributed by atoms with Gasteiger partial charge in [-0.2, -0.15) is 0 Å². The number of rotatable bonds is 5. The van der Waals surface area contributed by atoms with Gasteiger partial charge >= 0.3 is 0 Å². The Kier molecular flexibility index (Phi) is 9.31. The minimum Gasteiger partial charge on any atom is -0.330 e. The maximum Gasteiger partial charge on any atom is 0.0227 e. The first-order chi connectivity index (χ1) is 9.19. The molecule has 0 aliphatic rings. The molecular formula is C17H24Cl2N2. The third kappa shape index (κ3) is 6.06. The second-order valence-electron chi connectivity index (χ2n) is 5.18. The van der Waals surface area contributed by atoms with E-state index in [1.54, 1.807) is 0 Å². The van der Waals surface area contributed by atoms with Crippen LogP contribution in [0.15, 0.2) is 48.5 Å². The van der Waals surface area contributed by atoms with Crippen LogP contribution in [0.4, 0.5) is 0 Å². The summed E-state index contributed by atoms with van der Waals surface area (Å²) >= 11 is 0. The van der Waals surface area contributed by atoms with Crippen LogP contribution in [0.1, 0.15) is 11.1 Å². The van der Waals surface area contributed by atoms with Gasteiger partial charge in [0.1, 0.15) is 0 Å².